The molecule has 1 aromatic heterocycles. The fraction of sp³-hybridized carbons (Fsp3) is 0.353. The number of rotatable bonds is 6. The minimum Gasteiger partial charge on any atom is -0.455 e. The van der Waals surface area contributed by atoms with Crippen LogP contribution < -0.4 is 0 Å². The Hall–Kier alpha value is -2.08. The monoisotopic (exact) mass is 335 g/mol. The Morgan fingerprint density at radius 3 is 2.35 bits per heavy atom. The standard InChI is InChI=1S/C17H21NO4S/c1-4-18(5-2)17(19)15-11-10-14(22-15)12-23(20,21)16-9-7-6-8-13(16)3/h6-11H,4-5,12H2,1-3H3. The second-order valence-electron chi connectivity index (χ2n) is 5.27. The molecule has 0 fully saturated rings. The fourth-order valence-corrected chi connectivity index (χ4v) is 3.94. The summed E-state index contributed by atoms with van der Waals surface area (Å²) in [5.74, 6) is -0.0504. The summed E-state index contributed by atoms with van der Waals surface area (Å²) in [5.41, 5.74) is 0.693. The van der Waals surface area contributed by atoms with Gasteiger partial charge in [0.25, 0.3) is 5.91 Å². The van der Waals surface area contributed by atoms with Gasteiger partial charge in [0.2, 0.25) is 0 Å². The lowest BCUT2D eigenvalue weighted by atomic mass is 10.2. The van der Waals surface area contributed by atoms with Crippen LogP contribution in [-0.2, 0) is 15.6 Å². The molecule has 124 valence electrons. The molecule has 1 amide bonds. The van der Waals surface area contributed by atoms with E-state index >= 15 is 0 Å². The first-order chi connectivity index (χ1) is 10.9. The number of amides is 1. The quantitative estimate of drug-likeness (QED) is 0.814. The molecule has 0 aliphatic carbocycles. The van der Waals surface area contributed by atoms with Crippen LogP contribution in [0.25, 0.3) is 0 Å². The van der Waals surface area contributed by atoms with Crippen LogP contribution in [0.15, 0.2) is 45.7 Å². The van der Waals surface area contributed by atoms with Gasteiger partial charge in [-0.05, 0) is 44.5 Å². The zero-order chi connectivity index (χ0) is 17.0. The maximum atomic E-state index is 12.5. The number of carbonyl (C=O) groups excluding carboxylic acids is 1. The number of hydrogen-bond acceptors (Lipinski definition) is 4. The van der Waals surface area contributed by atoms with Crippen molar-refractivity contribution in [1.29, 1.82) is 0 Å². The Bertz CT molecular complexity index is 788. The Morgan fingerprint density at radius 1 is 1.09 bits per heavy atom. The van der Waals surface area contributed by atoms with Crippen LogP contribution in [0, 0.1) is 6.92 Å². The summed E-state index contributed by atoms with van der Waals surface area (Å²) in [6, 6.07) is 9.90. The summed E-state index contributed by atoms with van der Waals surface area (Å²) < 4.78 is 30.4. The van der Waals surface area contributed by atoms with Crippen molar-refractivity contribution in [2.45, 2.75) is 31.4 Å². The van der Waals surface area contributed by atoms with E-state index in [1.807, 2.05) is 13.8 Å². The Morgan fingerprint density at radius 2 is 1.74 bits per heavy atom. The molecule has 6 heteroatoms. The molecule has 0 saturated heterocycles. The van der Waals surface area contributed by atoms with Crippen molar-refractivity contribution in [3.63, 3.8) is 0 Å². The Balaban J connectivity index is 2.22. The van der Waals surface area contributed by atoms with Crippen LogP contribution >= 0.6 is 0 Å². The van der Waals surface area contributed by atoms with E-state index in [0.29, 0.717) is 18.7 Å². The van der Waals surface area contributed by atoms with Gasteiger partial charge in [0.1, 0.15) is 11.5 Å². The molecular weight excluding hydrogens is 314 g/mol. The average molecular weight is 335 g/mol. The van der Waals surface area contributed by atoms with Crippen molar-refractivity contribution in [2.24, 2.45) is 0 Å². The third-order valence-corrected chi connectivity index (χ3v) is 5.48. The summed E-state index contributed by atoms with van der Waals surface area (Å²) in [6.45, 7) is 6.67. The second-order valence-corrected chi connectivity index (χ2v) is 7.23. The van der Waals surface area contributed by atoms with E-state index < -0.39 is 9.84 Å². The normalized spacial score (nSPS) is 11.4. The van der Waals surface area contributed by atoms with Crippen LogP contribution in [-0.4, -0.2) is 32.3 Å². The molecule has 1 heterocycles. The van der Waals surface area contributed by atoms with Gasteiger partial charge in [-0.1, -0.05) is 18.2 Å². The third kappa shape index (κ3) is 3.82. The first-order valence-electron chi connectivity index (χ1n) is 7.55. The van der Waals surface area contributed by atoms with Gasteiger partial charge in [0.15, 0.2) is 15.6 Å². The zero-order valence-electron chi connectivity index (χ0n) is 13.6. The maximum Gasteiger partial charge on any atom is 0.289 e. The van der Waals surface area contributed by atoms with Crippen LogP contribution in [0.2, 0.25) is 0 Å². The first kappa shape index (κ1) is 17.3. The number of carbonyl (C=O) groups is 1. The van der Waals surface area contributed by atoms with Gasteiger partial charge in [0, 0.05) is 13.1 Å². The molecule has 0 atom stereocenters. The van der Waals surface area contributed by atoms with Gasteiger partial charge in [0.05, 0.1) is 4.90 Å². The Kier molecular flexibility index (Phi) is 5.26. The van der Waals surface area contributed by atoms with Crippen molar-refractivity contribution < 1.29 is 17.6 Å². The predicted octanol–water partition coefficient (Wildman–Crippen LogP) is 3.04. The number of aryl methyl sites for hydroxylation is 1. The molecular formula is C17H21NO4S. The summed E-state index contributed by atoms with van der Waals surface area (Å²) >= 11 is 0. The highest BCUT2D eigenvalue weighted by Crippen LogP contribution is 2.21. The van der Waals surface area contributed by atoms with Gasteiger partial charge in [-0.3, -0.25) is 4.79 Å². The van der Waals surface area contributed by atoms with Crippen LogP contribution in [0.4, 0.5) is 0 Å². The number of benzene rings is 1. The minimum absolute atomic E-state index is 0.170. The number of furan rings is 1. The molecule has 2 rings (SSSR count). The number of nitrogens with zero attached hydrogens (tertiary/aromatic N) is 1. The minimum atomic E-state index is -3.51. The first-order valence-corrected chi connectivity index (χ1v) is 9.20. The SMILES string of the molecule is CCN(CC)C(=O)c1ccc(CS(=O)(=O)c2ccccc2C)o1. The highest BCUT2D eigenvalue weighted by molar-refractivity contribution is 7.90. The highest BCUT2D eigenvalue weighted by Gasteiger charge is 2.22. The van der Waals surface area contributed by atoms with Crippen LogP contribution in [0.1, 0.15) is 35.7 Å². The summed E-state index contributed by atoms with van der Waals surface area (Å²) in [4.78, 5) is 14.1. The molecule has 0 saturated carbocycles. The number of hydrogen-bond donors (Lipinski definition) is 0. The van der Waals surface area contributed by atoms with E-state index in [1.165, 1.54) is 6.07 Å². The third-order valence-electron chi connectivity index (χ3n) is 3.68. The van der Waals surface area contributed by atoms with E-state index in [4.69, 9.17) is 4.42 Å². The molecule has 5 nitrogen and oxygen atoms in total. The molecule has 2 aromatic rings. The lowest BCUT2D eigenvalue weighted by Gasteiger charge is -2.16. The van der Waals surface area contributed by atoms with E-state index in [0.717, 1.165) is 0 Å². The lowest BCUT2D eigenvalue weighted by Crippen LogP contribution is -2.30. The molecule has 0 radical (unpaired) electrons. The summed E-state index contributed by atoms with van der Waals surface area (Å²) in [5, 5.41) is 0. The van der Waals surface area contributed by atoms with Crippen molar-refractivity contribution >= 4 is 15.7 Å². The topological polar surface area (TPSA) is 67.6 Å². The summed E-state index contributed by atoms with van der Waals surface area (Å²) in [7, 11) is -3.51. The predicted molar refractivity (Wildman–Crippen MR) is 88.0 cm³/mol. The molecule has 1 aromatic carbocycles. The largest absolute Gasteiger partial charge is 0.455 e. The van der Waals surface area contributed by atoms with Gasteiger partial charge in [-0.25, -0.2) is 8.42 Å². The molecule has 0 bridgehead atoms. The molecule has 0 unspecified atom stereocenters. The van der Waals surface area contributed by atoms with Gasteiger partial charge >= 0.3 is 0 Å². The average Bonchev–Trinajstić information content (AvgIpc) is 2.96. The van der Waals surface area contributed by atoms with Crippen molar-refractivity contribution in [3.05, 3.63) is 53.5 Å². The molecule has 0 spiro atoms. The van der Waals surface area contributed by atoms with E-state index in [9.17, 15) is 13.2 Å². The van der Waals surface area contributed by atoms with Crippen LogP contribution in [0.5, 0.6) is 0 Å². The molecule has 23 heavy (non-hydrogen) atoms. The zero-order valence-corrected chi connectivity index (χ0v) is 14.4. The Labute approximate surface area is 136 Å². The van der Waals surface area contributed by atoms with Crippen molar-refractivity contribution in [2.75, 3.05) is 13.1 Å². The van der Waals surface area contributed by atoms with Gasteiger partial charge < -0.3 is 9.32 Å². The smallest absolute Gasteiger partial charge is 0.289 e. The highest BCUT2D eigenvalue weighted by atomic mass is 32.2. The summed E-state index contributed by atoms with van der Waals surface area (Å²) in [6.07, 6.45) is 0. The lowest BCUT2D eigenvalue weighted by molar-refractivity contribution is 0.0739. The van der Waals surface area contributed by atoms with Crippen molar-refractivity contribution in [3.8, 4) is 0 Å². The van der Waals surface area contributed by atoms with Crippen molar-refractivity contribution in [1.82, 2.24) is 4.90 Å². The maximum absolute atomic E-state index is 12.5. The van der Waals surface area contributed by atoms with E-state index in [1.54, 1.807) is 42.2 Å². The van der Waals surface area contributed by atoms with E-state index in [-0.39, 0.29) is 28.1 Å². The number of sulfone groups is 1. The van der Waals surface area contributed by atoms with E-state index in [2.05, 4.69) is 0 Å². The fourth-order valence-electron chi connectivity index (χ4n) is 2.41. The second kappa shape index (κ2) is 7.00. The molecule has 0 aliphatic rings. The molecule has 0 aliphatic heterocycles. The van der Waals surface area contributed by atoms with Crippen LogP contribution in [0.3, 0.4) is 0 Å². The molecule has 0 N–H and O–H groups in total. The van der Waals surface area contributed by atoms with Gasteiger partial charge in [-0.15, -0.1) is 0 Å². The van der Waals surface area contributed by atoms with Gasteiger partial charge in [-0.2, -0.15) is 0 Å².